The van der Waals surface area contributed by atoms with Crippen molar-refractivity contribution in [3.05, 3.63) is 83.9 Å². The van der Waals surface area contributed by atoms with Gasteiger partial charge in [-0.05, 0) is 85.7 Å². The summed E-state index contributed by atoms with van der Waals surface area (Å²) in [5, 5.41) is 0. The Labute approximate surface area is 243 Å². The van der Waals surface area contributed by atoms with E-state index >= 15 is 0 Å². The van der Waals surface area contributed by atoms with Crippen LogP contribution in [0.25, 0.3) is 11.1 Å². The zero-order chi connectivity index (χ0) is 28.4. The molecule has 0 saturated heterocycles. The summed E-state index contributed by atoms with van der Waals surface area (Å²) in [4.78, 5) is 12.7. The Hall–Kier alpha value is -3.07. The Morgan fingerprint density at radius 3 is 1.68 bits per heavy atom. The predicted octanol–water partition coefficient (Wildman–Crippen LogP) is 11.0. The normalized spacial score (nSPS) is 11.8. The predicted molar refractivity (Wildman–Crippen MR) is 168 cm³/mol. The number of aryl methyl sites for hydroxylation is 1. The molecule has 0 bridgehead atoms. The molecule has 0 aromatic heterocycles. The summed E-state index contributed by atoms with van der Waals surface area (Å²) < 4.78 is 11.7. The van der Waals surface area contributed by atoms with Crippen LogP contribution in [0.1, 0.15) is 120 Å². The van der Waals surface area contributed by atoms with Gasteiger partial charge in [0, 0.05) is 0 Å². The average Bonchev–Trinajstić information content (AvgIpc) is 2.98. The number of rotatable bonds is 19. The number of hydrogen-bond acceptors (Lipinski definition) is 3. The number of unbranched alkanes of at least 4 members (excludes halogenated alkanes) is 10. The minimum absolute atomic E-state index is 0.225. The first-order valence-corrected chi connectivity index (χ1v) is 15.8. The number of carbonyl (C=O) groups is 1. The SMILES string of the molecule is CCCCCCCCCCc1ccc(C(=O)Oc2ccc(-c3ccc(O[C@@H](C)CCCCCC)cc3)cc2)cc1. The van der Waals surface area contributed by atoms with Crippen LogP contribution in [0.4, 0.5) is 0 Å². The Bertz CT molecular complexity index is 1080. The molecule has 1 atom stereocenters. The van der Waals surface area contributed by atoms with Gasteiger partial charge in [-0.2, -0.15) is 0 Å². The minimum atomic E-state index is -0.323. The first-order valence-electron chi connectivity index (χ1n) is 15.8. The van der Waals surface area contributed by atoms with Crippen molar-refractivity contribution >= 4 is 5.97 Å². The van der Waals surface area contributed by atoms with Gasteiger partial charge in [-0.1, -0.05) is 114 Å². The summed E-state index contributed by atoms with van der Waals surface area (Å²) in [5.41, 5.74) is 4.04. The first kappa shape index (κ1) is 31.5. The maximum Gasteiger partial charge on any atom is 0.343 e. The van der Waals surface area contributed by atoms with E-state index in [1.807, 2.05) is 48.5 Å². The summed E-state index contributed by atoms with van der Waals surface area (Å²) in [6.45, 7) is 6.64. The summed E-state index contributed by atoms with van der Waals surface area (Å²) in [7, 11) is 0. The van der Waals surface area contributed by atoms with Crippen molar-refractivity contribution in [2.75, 3.05) is 0 Å². The van der Waals surface area contributed by atoms with Crippen molar-refractivity contribution in [3.63, 3.8) is 0 Å². The maximum absolute atomic E-state index is 12.7. The van der Waals surface area contributed by atoms with E-state index in [2.05, 4.69) is 45.0 Å². The molecule has 40 heavy (non-hydrogen) atoms. The lowest BCUT2D eigenvalue weighted by molar-refractivity contribution is 0.0734. The van der Waals surface area contributed by atoms with Crippen molar-refractivity contribution in [1.82, 2.24) is 0 Å². The van der Waals surface area contributed by atoms with Crippen molar-refractivity contribution in [2.24, 2.45) is 0 Å². The quantitative estimate of drug-likeness (QED) is 0.0858. The van der Waals surface area contributed by atoms with Crippen molar-refractivity contribution in [2.45, 2.75) is 117 Å². The summed E-state index contributed by atoms with van der Waals surface area (Å²) in [6.07, 6.45) is 18.0. The summed E-state index contributed by atoms with van der Waals surface area (Å²) in [6, 6.07) is 23.8. The highest BCUT2D eigenvalue weighted by Gasteiger charge is 2.10. The lowest BCUT2D eigenvalue weighted by atomic mass is 10.0. The third-order valence-electron chi connectivity index (χ3n) is 7.56. The topological polar surface area (TPSA) is 35.5 Å². The summed E-state index contributed by atoms with van der Waals surface area (Å²) in [5.74, 6) is 1.13. The monoisotopic (exact) mass is 542 g/mol. The van der Waals surface area contributed by atoms with E-state index in [0.29, 0.717) is 11.3 Å². The molecule has 0 N–H and O–H groups in total. The molecule has 3 rings (SSSR count). The zero-order valence-electron chi connectivity index (χ0n) is 25.1. The molecule has 0 unspecified atom stereocenters. The van der Waals surface area contributed by atoms with Gasteiger partial charge in [-0.25, -0.2) is 4.79 Å². The second-order valence-corrected chi connectivity index (χ2v) is 11.1. The van der Waals surface area contributed by atoms with Gasteiger partial charge in [0.05, 0.1) is 11.7 Å². The fourth-order valence-corrected chi connectivity index (χ4v) is 5.03. The van der Waals surface area contributed by atoms with E-state index in [1.54, 1.807) is 0 Å². The fourth-order valence-electron chi connectivity index (χ4n) is 5.03. The van der Waals surface area contributed by atoms with Crippen LogP contribution in [0.2, 0.25) is 0 Å². The van der Waals surface area contributed by atoms with Gasteiger partial charge in [0.1, 0.15) is 11.5 Å². The highest BCUT2D eigenvalue weighted by atomic mass is 16.5. The molecular formula is C37H50O3. The smallest absolute Gasteiger partial charge is 0.343 e. The maximum atomic E-state index is 12.7. The number of benzene rings is 3. The lowest BCUT2D eigenvalue weighted by Gasteiger charge is -2.15. The third kappa shape index (κ3) is 11.6. The molecule has 3 aromatic rings. The largest absolute Gasteiger partial charge is 0.491 e. The van der Waals surface area contributed by atoms with E-state index in [9.17, 15) is 4.79 Å². The average molecular weight is 543 g/mol. The van der Waals surface area contributed by atoms with E-state index in [4.69, 9.17) is 9.47 Å². The minimum Gasteiger partial charge on any atom is -0.491 e. The van der Waals surface area contributed by atoms with E-state index < -0.39 is 0 Å². The van der Waals surface area contributed by atoms with Crippen molar-refractivity contribution in [1.29, 1.82) is 0 Å². The molecule has 3 nitrogen and oxygen atoms in total. The molecule has 216 valence electrons. The number of ether oxygens (including phenoxy) is 2. The number of hydrogen-bond donors (Lipinski definition) is 0. The standard InChI is InChI=1S/C37H50O3/c1-4-6-8-10-11-12-13-15-17-31-18-20-34(21-19-31)37(38)40-36-28-24-33(25-29-36)32-22-26-35(27-23-32)39-30(3)16-14-9-7-5-2/h18-30H,4-17H2,1-3H3/t30-/m0/s1. The van der Waals surface area contributed by atoms with Crippen molar-refractivity contribution < 1.29 is 14.3 Å². The summed E-state index contributed by atoms with van der Waals surface area (Å²) >= 11 is 0. The van der Waals surface area contributed by atoms with Crippen LogP contribution in [0.3, 0.4) is 0 Å². The highest BCUT2D eigenvalue weighted by molar-refractivity contribution is 5.91. The van der Waals surface area contributed by atoms with Crippen LogP contribution in [0.15, 0.2) is 72.8 Å². The molecule has 0 aliphatic rings. The molecule has 0 amide bonds. The molecule has 3 aromatic carbocycles. The van der Waals surface area contributed by atoms with Crippen LogP contribution < -0.4 is 9.47 Å². The molecular weight excluding hydrogens is 492 g/mol. The molecule has 3 heteroatoms. The van der Waals surface area contributed by atoms with E-state index in [0.717, 1.165) is 29.7 Å². The van der Waals surface area contributed by atoms with Gasteiger partial charge in [-0.3, -0.25) is 0 Å². The third-order valence-corrected chi connectivity index (χ3v) is 7.56. The van der Waals surface area contributed by atoms with Crippen LogP contribution in [-0.2, 0) is 6.42 Å². The Balaban J connectivity index is 1.41. The van der Waals surface area contributed by atoms with Crippen LogP contribution in [0.5, 0.6) is 11.5 Å². The van der Waals surface area contributed by atoms with Gasteiger partial charge in [0.15, 0.2) is 0 Å². The Morgan fingerprint density at radius 2 is 1.10 bits per heavy atom. The van der Waals surface area contributed by atoms with Gasteiger partial charge < -0.3 is 9.47 Å². The zero-order valence-corrected chi connectivity index (χ0v) is 25.1. The van der Waals surface area contributed by atoms with Gasteiger partial charge in [0.2, 0.25) is 0 Å². The molecule has 0 heterocycles. The molecule has 0 spiro atoms. The molecule has 0 aliphatic heterocycles. The first-order chi connectivity index (χ1) is 19.6. The fraction of sp³-hybridized carbons (Fsp3) is 0.486. The van der Waals surface area contributed by atoms with E-state index in [1.165, 1.54) is 82.6 Å². The van der Waals surface area contributed by atoms with Gasteiger partial charge in [-0.15, -0.1) is 0 Å². The highest BCUT2D eigenvalue weighted by Crippen LogP contribution is 2.26. The van der Waals surface area contributed by atoms with E-state index in [-0.39, 0.29) is 12.1 Å². The molecule has 0 aliphatic carbocycles. The van der Waals surface area contributed by atoms with Crippen LogP contribution in [0, 0.1) is 0 Å². The molecule has 0 radical (unpaired) electrons. The van der Waals surface area contributed by atoms with Crippen LogP contribution in [-0.4, -0.2) is 12.1 Å². The molecule has 0 fully saturated rings. The van der Waals surface area contributed by atoms with Crippen LogP contribution >= 0.6 is 0 Å². The van der Waals surface area contributed by atoms with Gasteiger partial charge in [0.25, 0.3) is 0 Å². The second-order valence-electron chi connectivity index (χ2n) is 11.1. The number of carbonyl (C=O) groups excluding carboxylic acids is 1. The lowest BCUT2D eigenvalue weighted by Crippen LogP contribution is -2.11. The second kappa shape index (κ2) is 18.3. The Kier molecular flexibility index (Phi) is 14.4. The number of esters is 1. The van der Waals surface area contributed by atoms with Gasteiger partial charge >= 0.3 is 5.97 Å². The van der Waals surface area contributed by atoms with Crippen molar-refractivity contribution in [3.8, 4) is 22.6 Å². The Morgan fingerprint density at radius 1 is 0.600 bits per heavy atom. The molecule has 0 saturated carbocycles.